The molecule has 0 unspecified atom stereocenters. The van der Waals surface area contributed by atoms with Gasteiger partial charge in [0.25, 0.3) is 0 Å². The van der Waals surface area contributed by atoms with Crippen molar-refractivity contribution in [2.24, 2.45) is 4.99 Å². The largest absolute Gasteiger partial charge is 0.330 e. The summed E-state index contributed by atoms with van der Waals surface area (Å²) in [6.45, 7) is 0. The minimum absolute atomic E-state index is 0.260. The fourth-order valence-electron chi connectivity index (χ4n) is 0.188. The summed E-state index contributed by atoms with van der Waals surface area (Å²) >= 11 is 0. The van der Waals surface area contributed by atoms with Crippen LogP contribution in [0.1, 0.15) is 0 Å². The van der Waals surface area contributed by atoms with Crippen molar-refractivity contribution in [1.29, 1.82) is 0 Å². The molecule has 0 atom stereocenters. The van der Waals surface area contributed by atoms with Crippen LogP contribution >= 0.6 is 7.60 Å². The Balaban J connectivity index is 3.57. The van der Waals surface area contributed by atoms with Crippen LogP contribution < -0.4 is 0 Å². The first-order chi connectivity index (χ1) is 3.56. The third kappa shape index (κ3) is 5.82. The number of hydrogen-bond donors (Lipinski definition) is 2. The zero-order chi connectivity index (χ0) is 6.62. The molecule has 0 bridgehead atoms. The van der Waals surface area contributed by atoms with Crippen LogP contribution in [0.4, 0.5) is 0 Å². The first-order valence-corrected chi connectivity index (χ1v) is 3.81. The third-order valence-corrected chi connectivity index (χ3v) is 1.14. The second-order valence-corrected chi connectivity index (χ2v) is 2.98. The molecular weight excluding hydrogens is 129 g/mol. The normalized spacial score (nSPS) is 12.9. The van der Waals surface area contributed by atoms with Crippen LogP contribution in [-0.2, 0) is 4.57 Å². The van der Waals surface area contributed by atoms with E-state index in [-0.39, 0.29) is 6.16 Å². The average Bonchev–Trinajstić information content (AvgIpc) is 1.59. The van der Waals surface area contributed by atoms with E-state index < -0.39 is 7.60 Å². The van der Waals surface area contributed by atoms with Crippen LogP contribution in [0.3, 0.4) is 0 Å². The minimum Gasteiger partial charge on any atom is -0.324 e. The van der Waals surface area contributed by atoms with E-state index in [2.05, 4.69) is 4.99 Å². The van der Waals surface area contributed by atoms with Crippen LogP contribution in [0.2, 0.25) is 0 Å². The van der Waals surface area contributed by atoms with E-state index in [0.29, 0.717) is 0 Å². The van der Waals surface area contributed by atoms with Crippen molar-refractivity contribution < 1.29 is 14.4 Å². The molecule has 0 aliphatic rings. The fourth-order valence-corrected chi connectivity index (χ4v) is 0.564. The van der Waals surface area contributed by atoms with Gasteiger partial charge < -0.3 is 14.8 Å². The van der Waals surface area contributed by atoms with Gasteiger partial charge in [0.05, 0.1) is 6.16 Å². The van der Waals surface area contributed by atoms with Crippen molar-refractivity contribution in [3.8, 4) is 0 Å². The molecule has 0 saturated carbocycles. The Hall–Kier alpha value is -0.180. The van der Waals surface area contributed by atoms with E-state index in [9.17, 15) is 4.57 Å². The van der Waals surface area contributed by atoms with E-state index >= 15 is 0 Å². The zero-order valence-corrected chi connectivity index (χ0v) is 5.38. The van der Waals surface area contributed by atoms with E-state index in [0.717, 1.165) is 0 Å². The van der Waals surface area contributed by atoms with Crippen molar-refractivity contribution in [1.82, 2.24) is 0 Å². The molecule has 0 aromatic rings. The SMILES string of the molecule is CN=CCP(=O)(O)O. The monoisotopic (exact) mass is 137 g/mol. The highest BCUT2D eigenvalue weighted by Gasteiger charge is 2.08. The van der Waals surface area contributed by atoms with Crippen LogP contribution in [-0.4, -0.2) is 29.2 Å². The van der Waals surface area contributed by atoms with Gasteiger partial charge in [-0.1, -0.05) is 0 Å². The molecule has 0 spiro atoms. The van der Waals surface area contributed by atoms with Crippen molar-refractivity contribution in [2.45, 2.75) is 0 Å². The summed E-state index contributed by atoms with van der Waals surface area (Å²) in [7, 11) is -2.36. The molecule has 0 aromatic heterocycles. The van der Waals surface area contributed by atoms with Crippen LogP contribution in [0.25, 0.3) is 0 Å². The third-order valence-electron chi connectivity index (χ3n) is 0.502. The molecule has 5 heteroatoms. The Bertz CT molecular complexity index is 126. The summed E-state index contributed by atoms with van der Waals surface area (Å²) < 4.78 is 9.99. The fraction of sp³-hybridized carbons (Fsp3) is 0.667. The van der Waals surface area contributed by atoms with Gasteiger partial charge in [0.2, 0.25) is 0 Å². The lowest BCUT2D eigenvalue weighted by molar-refractivity contribution is 0.378. The number of nitrogens with zero attached hydrogens (tertiary/aromatic N) is 1. The van der Waals surface area contributed by atoms with Gasteiger partial charge in [0.1, 0.15) is 0 Å². The lowest BCUT2D eigenvalue weighted by Crippen LogP contribution is -1.86. The highest BCUT2D eigenvalue weighted by molar-refractivity contribution is 7.52. The summed E-state index contributed by atoms with van der Waals surface area (Å²) in [6, 6.07) is 0. The molecule has 0 amide bonds. The van der Waals surface area contributed by atoms with Crippen LogP contribution in [0, 0.1) is 0 Å². The summed E-state index contributed by atoms with van der Waals surface area (Å²) in [6.07, 6.45) is 0.935. The van der Waals surface area contributed by atoms with Gasteiger partial charge in [-0.2, -0.15) is 0 Å². The number of rotatable bonds is 2. The Morgan fingerprint density at radius 3 is 2.38 bits per heavy atom. The minimum atomic E-state index is -3.83. The molecule has 0 aliphatic heterocycles. The van der Waals surface area contributed by atoms with Gasteiger partial charge in [0, 0.05) is 13.3 Å². The van der Waals surface area contributed by atoms with E-state index in [4.69, 9.17) is 9.79 Å². The molecule has 2 N–H and O–H groups in total. The molecule has 0 aliphatic carbocycles. The molecule has 0 rings (SSSR count). The molecule has 4 nitrogen and oxygen atoms in total. The average molecular weight is 137 g/mol. The molecule has 0 radical (unpaired) electrons. The predicted octanol–water partition coefficient (Wildman–Crippen LogP) is -0.135. The molecule has 0 saturated heterocycles. The Morgan fingerprint density at radius 1 is 1.75 bits per heavy atom. The second kappa shape index (κ2) is 2.97. The summed E-state index contributed by atoms with van der Waals surface area (Å²) in [5.41, 5.74) is 0. The topological polar surface area (TPSA) is 69.9 Å². The Kier molecular flexibility index (Phi) is 2.90. The van der Waals surface area contributed by atoms with Crippen LogP contribution in [0.15, 0.2) is 4.99 Å². The maximum atomic E-state index is 9.99. The quantitative estimate of drug-likeness (QED) is 0.411. The highest BCUT2D eigenvalue weighted by Crippen LogP contribution is 2.32. The summed E-state index contributed by atoms with van der Waals surface area (Å²) in [4.78, 5) is 19.7. The van der Waals surface area contributed by atoms with Crippen LogP contribution in [0.5, 0.6) is 0 Å². The van der Waals surface area contributed by atoms with Gasteiger partial charge in [0.15, 0.2) is 0 Å². The smallest absolute Gasteiger partial charge is 0.324 e. The molecule has 0 fully saturated rings. The van der Waals surface area contributed by atoms with Crippen molar-refractivity contribution >= 4 is 13.8 Å². The standard InChI is InChI=1S/C3H8NO3P/c1-4-2-3-8(5,6)7/h2H,3H2,1H3,(H2,5,6,7). The van der Waals surface area contributed by atoms with Gasteiger partial charge >= 0.3 is 7.60 Å². The Morgan fingerprint density at radius 2 is 2.25 bits per heavy atom. The zero-order valence-electron chi connectivity index (χ0n) is 4.48. The first-order valence-electron chi connectivity index (χ1n) is 2.01. The highest BCUT2D eigenvalue weighted by atomic mass is 31.2. The van der Waals surface area contributed by atoms with Gasteiger partial charge in [-0.25, -0.2) is 0 Å². The second-order valence-electron chi connectivity index (χ2n) is 1.29. The molecule has 48 valence electrons. The van der Waals surface area contributed by atoms with Crippen molar-refractivity contribution in [2.75, 3.05) is 13.2 Å². The Labute approximate surface area is 47.4 Å². The van der Waals surface area contributed by atoms with E-state index in [1.54, 1.807) is 0 Å². The molecule has 0 heterocycles. The first kappa shape index (κ1) is 7.82. The van der Waals surface area contributed by atoms with Gasteiger partial charge in [-0.3, -0.25) is 4.57 Å². The maximum absolute atomic E-state index is 9.99. The molecule has 8 heavy (non-hydrogen) atoms. The van der Waals surface area contributed by atoms with Gasteiger partial charge in [-0.15, -0.1) is 0 Å². The van der Waals surface area contributed by atoms with E-state index in [1.807, 2.05) is 0 Å². The van der Waals surface area contributed by atoms with Crippen molar-refractivity contribution in [3.63, 3.8) is 0 Å². The number of aliphatic imine (C=N–C) groups is 1. The number of hydrogen-bond acceptors (Lipinski definition) is 2. The summed E-state index contributed by atoms with van der Waals surface area (Å²) in [5, 5.41) is 0. The van der Waals surface area contributed by atoms with Gasteiger partial charge in [-0.05, 0) is 0 Å². The predicted molar refractivity (Wildman–Crippen MR) is 31.3 cm³/mol. The lowest BCUT2D eigenvalue weighted by Gasteiger charge is -1.94. The maximum Gasteiger partial charge on any atom is 0.330 e. The lowest BCUT2D eigenvalue weighted by atomic mass is 10.9. The molecule has 0 aromatic carbocycles. The van der Waals surface area contributed by atoms with Crippen molar-refractivity contribution in [3.05, 3.63) is 0 Å². The molecular formula is C3H8NO3P. The van der Waals surface area contributed by atoms with E-state index in [1.165, 1.54) is 13.3 Å². The summed E-state index contributed by atoms with van der Waals surface area (Å²) in [5.74, 6) is 0.